The summed E-state index contributed by atoms with van der Waals surface area (Å²) in [6, 6.07) is 14.5. The summed E-state index contributed by atoms with van der Waals surface area (Å²) in [5, 5.41) is 0. The lowest BCUT2D eigenvalue weighted by atomic mass is 10.0. The molecule has 3 nitrogen and oxygen atoms in total. The van der Waals surface area contributed by atoms with E-state index in [1.54, 1.807) is 0 Å². The number of hydrogen-bond donors (Lipinski definition) is 0. The minimum absolute atomic E-state index is 0.0634. The highest BCUT2D eigenvalue weighted by molar-refractivity contribution is 5.95. The van der Waals surface area contributed by atoms with E-state index >= 15 is 0 Å². The summed E-state index contributed by atoms with van der Waals surface area (Å²) in [6.45, 7) is 8.10. The van der Waals surface area contributed by atoms with Crippen molar-refractivity contribution in [2.75, 3.05) is 0 Å². The van der Waals surface area contributed by atoms with Crippen LogP contribution < -0.4 is 4.74 Å². The number of aryl methyl sites for hydroxylation is 1. The summed E-state index contributed by atoms with van der Waals surface area (Å²) in [6.07, 6.45) is 3.75. The molecule has 0 saturated carbocycles. The molecule has 1 heterocycles. The Bertz CT molecular complexity index is 810. The second-order valence-corrected chi connectivity index (χ2v) is 8.70. The summed E-state index contributed by atoms with van der Waals surface area (Å²) >= 11 is 0. The minimum Gasteiger partial charge on any atom is -0.488 e. The molecule has 0 aliphatic carbocycles. The van der Waals surface area contributed by atoms with Gasteiger partial charge in [-0.3, -0.25) is 4.79 Å². The van der Waals surface area contributed by atoms with E-state index in [1.165, 1.54) is 12.1 Å². The summed E-state index contributed by atoms with van der Waals surface area (Å²) in [5.74, 6) is 0.564. The maximum Gasteiger partial charge on any atom is 0.254 e. The van der Waals surface area contributed by atoms with Crippen molar-refractivity contribution in [2.24, 2.45) is 0 Å². The number of ether oxygens (including phenoxy) is 1. The molecule has 28 heavy (non-hydrogen) atoms. The highest BCUT2D eigenvalue weighted by Crippen LogP contribution is 2.30. The average molecular weight is 384 g/mol. The first kappa shape index (κ1) is 20.4. The maximum atomic E-state index is 13.3. The molecule has 0 N–H and O–H groups in total. The zero-order valence-corrected chi connectivity index (χ0v) is 17.2. The van der Waals surface area contributed by atoms with Crippen molar-refractivity contribution in [3.05, 3.63) is 65.5 Å². The van der Waals surface area contributed by atoms with Crippen LogP contribution in [-0.2, 0) is 6.42 Å². The standard InChI is InChI=1S/C24H30FNO2/c1-17-8-14-21(15-11-18-9-12-20(25)13-10-18)26(17)23(27)19-6-5-7-22(16-19)28-24(2,3)4/h5-7,9-10,12-13,16-17,21H,8,11,14-15H2,1-4H3/t17-,21-/m1/s1. The van der Waals surface area contributed by atoms with Crippen LogP contribution in [0.5, 0.6) is 5.75 Å². The van der Waals surface area contributed by atoms with Gasteiger partial charge in [-0.05, 0) is 89.3 Å². The Morgan fingerprint density at radius 3 is 2.54 bits per heavy atom. The van der Waals surface area contributed by atoms with Crippen molar-refractivity contribution in [3.8, 4) is 5.75 Å². The molecule has 1 aliphatic rings. The molecule has 3 rings (SSSR count). The SMILES string of the molecule is C[C@@H]1CC[C@H](CCc2ccc(F)cc2)N1C(=O)c1cccc(OC(C)(C)C)c1. The van der Waals surface area contributed by atoms with Gasteiger partial charge in [-0.25, -0.2) is 4.39 Å². The van der Waals surface area contributed by atoms with Gasteiger partial charge in [0.05, 0.1) is 0 Å². The fourth-order valence-electron chi connectivity index (χ4n) is 3.90. The quantitative estimate of drug-likeness (QED) is 0.670. The molecule has 2 atom stereocenters. The Morgan fingerprint density at radius 1 is 1.14 bits per heavy atom. The van der Waals surface area contributed by atoms with Crippen molar-refractivity contribution in [1.82, 2.24) is 4.90 Å². The zero-order valence-electron chi connectivity index (χ0n) is 17.2. The highest BCUT2D eigenvalue weighted by atomic mass is 19.1. The van der Waals surface area contributed by atoms with E-state index in [4.69, 9.17) is 4.74 Å². The maximum absolute atomic E-state index is 13.3. The number of hydrogen-bond acceptors (Lipinski definition) is 2. The van der Waals surface area contributed by atoms with Crippen LogP contribution in [0.15, 0.2) is 48.5 Å². The van der Waals surface area contributed by atoms with Crippen molar-refractivity contribution < 1.29 is 13.9 Å². The first-order valence-corrected chi connectivity index (χ1v) is 10.1. The third kappa shape index (κ3) is 5.12. The molecule has 1 amide bonds. The lowest BCUT2D eigenvalue weighted by Crippen LogP contribution is -2.40. The third-order valence-corrected chi connectivity index (χ3v) is 5.20. The number of amides is 1. The normalized spacial score (nSPS) is 19.7. The second-order valence-electron chi connectivity index (χ2n) is 8.70. The lowest BCUT2D eigenvalue weighted by molar-refractivity contribution is 0.0670. The second kappa shape index (κ2) is 8.34. The van der Waals surface area contributed by atoms with Gasteiger partial charge < -0.3 is 9.64 Å². The number of rotatable bonds is 5. The Hall–Kier alpha value is -2.36. The molecular formula is C24H30FNO2. The largest absolute Gasteiger partial charge is 0.488 e. The number of carbonyl (C=O) groups is 1. The number of carbonyl (C=O) groups excluding carboxylic acids is 1. The van der Waals surface area contributed by atoms with Crippen LogP contribution in [0.3, 0.4) is 0 Å². The fourth-order valence-corrected chi connectivity index (χ4v) is 3.90. The monoisotopic (exact) mass is 383 g/mol. The molecule has 1 fully saturated rings. The molecule has 1 saturated heterocycles. The molecule has 0 unspecified atom stereocenters. The molecule has 0 bridgehead atoms. The zero-order chi connectivity index (χ0) is 20.3. The van der Waals surface area contributed by atoms with Crippen molar-refractivity contribution in [3.63, 3.8) is 0 Å². The number of halogens is 1. The van der Waals surface area contributed by atoms with E-state index in [-0.39, 0.29) is 29.4 Å². The van der Waals surface area contributed by atoms with Gasteiger partial charge in [-0.15, -0.1) is 0 Å². The van der Waals surface area contributed by atoms with E-state index in [1.807, 2.05) is 62.1 Å². The lowest BCUT2D eigenvalue weighted by Gasteiger charge is -2.29. The Labute approximate surface area is 167 Å². The summed E-state index contributed by atoms with van der Waals surface area (Å²) in [4.78, 5) is 15.3. The van der Waals surface area contributed by atoms with E-state index in [0.29, 0.717) is 11.3 Å². The van der Waals surface area contributed by atoms with Crippen molar-refractivity contribution in [1.29, 1.82) is 0 Å². The molecule has 1 aliphatic heterocycles. The first-order chi connectivity index (χ1) is 13.2. The van der Waals surface area contributed by atoms with Gasteiger partial charge in [0.15, 0.2) is 0 Å². The van der Waals surface area contributed by atoms with E-state index < -0.39 is 0 Å². The number of likely N-dealkylation sites (tertiary alicyclic amines) is 1. The molecular weight excluding hydrogens is 353 g/mol. The van der Waals surface area contributed by atoms with Gasteiger partial charge >= 0.3 is 0 Å². The molecule has 0 aromatic heterocycles. The van der Waals surface area contributed by atoms with Gasteiger partial charge in [0, 0.05) is 17.6 Å². The van der Waals surface area contributed by atoms with Crippen molar-refractivity contribution in [2.45, 2.75) is 71.1 Å². The van der Waals surface area contributed by atoms with Gasteiger partial charge in [0.2, 0.25) is 0 Å². The third-order valence-electron chi connectivity index (χ3n) is 5.20. The molecule has 0 spiro atoms. The van der Waals surface area contributed by atoms with Gasteiger partial charge in [-0.1, -0.05) is 18.2 Å². The Kier molecular flexibility index (Phi) is 6.07. The Morgan fingerprint density at radius 2 is 1.86 bits per heavy atom. The van der Waals surface area contributed by atoms with E-state index in [9.17, 15) is 9.18 Å². The molecule has 2 aromatic rings. The Balaban J connectivity index is 1.71. The smallest absolute Gasteiger partial charge is 0.254 e. The van der Waals surface area contributed by atoms with Crippen LogP contribution >= 0.6 is 0 Å². The molecule has 150 valence electrons. The topological polar surface area (TPSA) is 29.5 Å². The molecule has 0 radical (unpaired) electrons. The summed E-state index contributed by atoms with van der Waals surface area (Å²) in [5.41, 5.74) is 1.47. The van der Waals surface area contributed by atoms with Crippen LogP contribution in [0.25, 0.3) is 0 Å². The van der Waals surface area contributed by atoms with Crippen LogP contribution in [-0.4, -0.2) is 28.5 Å². The van der Waals surface area contributed by atoms with Gasteiger partial charge in [-0.2, -0.15) is 0 Å². The van der Waals surface area contributed by atoms with Crippen LogP contribution in [0.2, 0.25) is 0 Å². The van der Waals surface area contributed by atoms with Gasteiger partial charge in [0.25, 0.3) is 5.91 Å². The first-order valence-electron chi connectivity index (χ1n) is 10.1. The van der Waals surface area contributed by atoms with Crippen LogP contribution in [0.1, 0.15) is 62.9 Å². The predicted molar refractivity (Wildman–Crippen MR) is 110 cm³/mol. The van der Waals surface area contributed by atoms with Crippen molar-refractivity contribution >= 4 is 5.91 Å². The summed E-state index contributed by atoms with van der Waals surface area (Å²) < 4.78 is 19.0. The van der Waals surface area contributed by atoms with Crippen LogP contribution in [0, 0.1) is 5.82 Å². The van der Waals surface area contributed by atoms with E-state index in [2.05, 4.69) is 6.92 Å². The van der Waals surface area contributed by atoms with Gasteiger partial charge in [0.1, 0.15) is 17.2 Å². The number of nitrogens with zero attached hydrogens (tertiary/aromatic N) is 1. The predicted octanol–water partition coefficient (Wildman–Crippen LogP) is 5.63. The number of benzene rings is 2. The van der Waals surface area contributed by atoms with Crippen LogP contribution in [0.4, 0.5) is 4.39 Å². The molecule has 4 heteroatoms. The average Bonchev–Trinajstić information content (AvgIpc) is 3.00. The fraction of sp³-hybridized carbons (Fsp3) is 0.458. The summed E-state index contributed by atoms with van der Waals surface area (Å²) in [7, 11) is 0. The highest BCUT2D eigenvalue weighted by Gasteiger charge is 2.34. The van der Waals surface area contributed by atoms with E-state index in [0.717, 1.165) is 31.2 Å². The minimum atomic E-state index is -0.305. The molecule has 2 aromatic carbocycles.